The van der Waals surface area contributed by atoms with Crippen LogP contribution in [0.3, 0.4) is 0 Å². The summed E-state index contributed by atoms with van der Waals surface area (Å²) in [6.07, 6.45) is 2.17. The fourth-order valence-electron chi connectivity index (χ4n) is 2.67. The number of benzene rings is 3. The molecule has 3 aromatic rings. The number of esters is 1. The summed E-state index contributed by atoms with van der Waals surface area (Å²) in [6, 6.07) is 20.7. The van der Waals surface area contributed by atoms with Gasteiger partial charge in [-0.15, -0.1) is 0 Å². The summed E-state index contributed by atoms with van der Waals surface area (Å²) < 4.78 is 6.17. The first kappa shape index (κ1) is 22.9. The lowest BCUT2D eigenvalue weighted by Crippen LogP contribution is -2.32. The number of nitrogens with one attached hydrogen (secondary N) is 2. The molecule has 3 rings (SSSR count). The fourth-order valence-corrected chi connectivity index (χ4v) is 3.05. The van der Waals surface area contributed by atoms with E-state index in [4.69, 9.17) is 4.74 Å². The number of carbonyl (C=O) groups is 3. The first-order valence-corrected chi connectivity index (χ1v) is 10.6. The molecule has 0 spiro atoms. The SMILES string of the molecule is CCc1ccc(NC(=O)C(=O)NN=Cc2cc(Br)ccc2OC(=O)c2ccccc2)cc1. The zero-order valence-electron chi connectivity index (χ0n) is 17.2. The summed E-state index contributed by atoms with van der Waals surface area (Å²) >= 11 is 3.35. The predicted octanol–water partition coefficient (Wildman–Crippen LogP) is 4.32. The van der Waals surface area contributed by atoms with E-state index in [9.17, 15) is 14.4 Å². The average molecular weight is 494 g/mol. The van der Waals surface area contributed by atoms with E-state index in [2.05, 4.69) is 31.8 Å². The standard InChI is InChI=1S/C24H20BrN3O4/c1-2-16-8-11-20(12-9-16)27-22(29)23(30)28-26-15-18-14-19(25)10-13-21(18)32-24(31)17-6-4-3-5-7-17/h3-15H,2H2,1H3,(H,27,29)(H,28,30). The molecule has 0 heterocycles. The van der Waals surface area contributed by atoms with Crippen molar-refractivity contribution in [2.24, 2.45) is 5.10 Å². The van der Waals surface area contributed by atoms with Crippen LogP contribution in [-0.4, -0.2) is 24.0 Å². The van der Waals surface area contributed by atoms with Crippen molar-refractivity contribution >= 4 is 45.6 Å². The van der Waals surface area contributed by atoms with Crippen LogP contribution in [-0.2, 0) is 16.0 Å². The van der Waals surface area contributed by atoms with Gasteiger partial charge < -0.3 is 10.1 Å². The van der Waals surface area contributed by atoms with Crippen molar-refractivity contribution in [1.82, 2.24) is 5.43 Å². The minimum atomic E-state index is -0.932. The molecule has 0 saturated carbocycles. The van der Waals surface area contributed by atoms with Crippen LogP contribution in [0.15, 0.2) is 82.4 Å². The van der Waals surface area contributed by atoms with Crippen LogP contribution in [0.4, 0.5) is 5.69 Å². The van der Waals surface area contributed by atoms with E-state index in [1.54, 1.807) is 60.7 Å². The Morgan fingerprint density at radius 3 is 2.38 bits per heavy atom. The Labute approximate surface area is 193 Å². The normalized spacial score (nSPS) is 10.6. The fraction of sp³-hybridized carbons (Fsp3) is 0.0833. The molecular formula is C24H20BrN3O4. The van der Waals surface area contributed by atoms with Crippen LogP contribution >= 0.6 is 15.9 Å². The molecule has 0 fully saturated rings. The van der Waals surface area contributed by atoms with Gasteiger partial charge in [-0.05, 0) is 54.4 Å². The second-order valence-corrected chi connectivity index (χ2v) is 7.56. The van der Waals surface area contributed by atoms with Gasteiger partial charge >= 0.3 is 17.8 Å². The Hall–Kier alpha value is -3.78. The van der Waals surface area contributed by atoms with Crippen LogP contribution in [0, 0.1) is 0 Å². The van der Waals surface area contributed by atoms with Crippen molar-refractivity contribution in [3.8, 4) is 5.75 Å². The van der Waals surface area contributed by atoms with E-state index in [1.807, 2.05) is 19.1 Å². The second-order valence-electron chi connectivity index (χ2n) is 6.64. The van der Waals surface area contributed by atoms with Gasteiger partial charge in [-0.25, -0.2) is 10.2 Å². The van der Waals surface area contributed by atoms with E-state index in [-0.39, 0.29) is 5.75 Å². The number of rotatable bonds is 6. The van der Waals surface area contributed by atoms with E-state index in [0.29, 0.717) is 16.8 Å². The van der Waals surface area contributed by atoms with E-state index >= 15 is 0 Å². The third-order valence-electron chi connectivity index (χ3n) is 4.38. The number of halogens is 1. The summed E-state index contributed by atoms with van der Waals surface area (Å²) in [5.74, 6) is -2.06. The smallest absolute Gasteiger partial charge is 0.343 e. The molecule has 8 heteroatoms. The molecule has 7 nitrogen and oxygen atoms in total. The van der Waals surface area contributed by atoms with E-state index in [1.165, 1.54) is 6.21 Å². The Morgan fingerprint density at radius 1 is 0.969 bits per heavy atom. The summed E-state index contributed by atoms with van der Waals surface area (Å²) in [5, 5.41) is 6.32. The predicted molar refractivity (Wildman–Crippen MR) is 126 cm³/mol. The van der Waals surface area contributed by atoms with Gasteiger partial charge in [0.15, 0.2) is 0 Å². The number of ether oxygens (including phenoxy) is 1. The summed E-state index contributed by atoms with van der Waals surface area (Å²) in [7, 11) is 0. The highest BCUT2D eigenvalue weighted by atomic mass is 79.9. The maximum Gasteiger partial charge on any atom is 0.343 e. The molecule has 0 bridgehead atoms. The van der Waals surface area contributed by atoms with Gasteiger partial charge in [0.2, 0.25) is 0 Å². The highest BCUT2D eigenvalue weighted by Crippen LogP contribution is 2.23. The molecule has 3 aromatic carbocycles. The molecule has 0 saturated heterocycles. The number of hydrazone groups is 1. The van der Waals surface area contributed by atoms with E-state index in [0.717, 1.165) is 16.5 Å². The minimum Gasteiger partial charge on any atom is -0.422 e. The average Bonchev–Trinajstić information content (AvgIpc) is 2.81. The molecule has 32 heavy (non-hydrogen) atoms. The molecule has 162 valence electrons. The molecule has 2 N–H and O–H groups in total. The largest absolute Gasteiger partial charge is 0.422 e. The van der Waals surface area contributed by atoms with Crippen molar-refractivity contribution in [3.05, 3.63) is 94.0 Å². The van der Waals surface area contributed by atoms with Crippen molar-refractivity contribution in [3.63, 3.8) is 0 Å². The van der Waals surface area contributed by atoms with Crippen LogP contribution in [0.1, 0.15) is 28.4 Å². The number of nitrogens with zero attached hydrogens (tertiary/aromatic N) is 1. The molecule has 0 aliphatic carbocycles. The number of hydrogen-bond donors (Lipinski definition) is 2. The van der Waals surface area contributed by atoms with Gasteiger partial charge in [0.05, 0.1) is 11.8 Å². The highest BCUT2D eigenvalue weighted by Gasteiger charge is 2.14. The molecule has 0 aromatic heterocycles. The lowest BCUT2D eigenvalue weighted by molar-refractivity contribution is -0.136. The summed E-state index contributed by atoms with van der Waals surface area (Å²) in [4.78, 5) is 36.4. The van der Waals surface area contributed by atoms with Gasteiger partial charge in [0.25, 0.3) is 0 Å². The maximum atomic E-state index is 12.3. The number of aryl methyl sites for hydroxylation is 1. The maximum absolute atomic E-state index is 12.3. The summed E-state index contributed by atoms with van der Waals surface area (Å²) in [5.41, 5.74) is 4.62. The molecule has 0 unspecified atom stereocenters. The quantitative estimate of drug-likeness (QED) is 0.175. The van der Waals surface area contributed by atoms with Crippen molar-refractivity contribution < 1.29 is 19.1 Å². The minimum absolute atomic E-state index is 0.250. The van der Waals surface area contributed by atoms with Gasteiger partial charge in [-0.3, -0.25) is 9.59 Å². The number of amides is 2. The molecule has 0 radical (unpaired) electrons. The Bertz CT molecular complexity index is 1150. The lowest BCUT2D eigenvalue weighted by Gasteiger charge is -2.08. The Balaban J connectivity index is 1.63. The third-order valence-corrected chi connectivity index (χ3v) is 4.87. The summed E-state index contributed by atoms with van der Waals surface area (Å²) in [6.45, 7) is 2.03. The molecule has 0 aliphatic rings. The van der Waals surface area contributed by atoms with Crippen LogP contribution in [0.2, 0.25) is 0 Å². The van der Waals surface area contributed by atoms with Crippen LogP contribution in [0.25, 0.3) is 0 Å². The van der Waals surface area contributed by atoms with Gasteiger partial charge in [0, 0.05) is 15.7 Å². The topological polar surface area (TPSA) is 96.9 Å². The highest BCUT2D eigenvalue weighted by molar-refractivity contribution is 9.10. The number of anilines is 1. The Kier molecular flexibility index (Phi) is 7.88. The van der Waals surface area contributed by atoms with Gasteiger partial charge in [-0.2, -0.15) is 5.10 Å². The van der Waals surface area contributed by atoms with Crippen LogP contribution in [0.5, 0.6) is 5.75 Å². The van der Waals surface area contributed by atoms with Crippen molar-refractivity contribution in [1.29, 1.82) is 0 Å². The van der Waals surface area contributed by atoms with E-state index < -0.39 is 17.8 Å². The zero-order chi connectivity index (χ0) is 22.9. The molecule has 0 aliphatic heterocycles. The van der Waals surface area contributed by atoms with Crippen LogP contribution < -0.4 is 15.5 Å². The van der Waals surface area contributed by atoms with Crippen molar-refractivity contribution in [2.45, 2.75) is 13.3 Å². The number of carbonyl (C=O) groups excluding carboxylic acids is 3. The lowest BCUT2D eigenvalue weighted by atomic mass is 10.1. The molecule has 0 atom stereocenters. The van der Waals surface area contributed by atoms with Crippen molar-refractivity contribution in [2.75, 3.05) is 5.32 Å². The molecule has 2 amide bonds. The monoisotopic (exact) mass is 493 g/mol. The van der Waals surface area contributed by atoms with Gasteiger partial charge in [-0.1, -0.05) is 53.2 Å². The molecular weight excluding hydrogens is 474 g/mol. The Morgan fingerprint density at radius 2 is 1.69 bits per heavy atom. The van der Waals surface area contributed by atoms with Gasteiger partial charge in [0.1, 0.15) is 5.75 Å². The third kappa shape index (κ3) is 6.36. The zero-order valence-corrected chi connectivity index (χ0v) is 18.8. The number of hydrogen-bond acceptors (Lipinski definition) is 5. The first-order valence-electron chi connectivity index (χ1n) is 9.76. The first-order chi connectivity index (χ1) is 15.5. The second kappa shape index (κ2) is 11.0.